The highest BCUT2D eigenvalue weighted by Gasteiger charge is 2.54. The molecule has 0 saturated heterocycles. The highest BCUT2D eigenvalue weighted by Crippen LogP contribution is 2.43. The van der Waals surface area contributed by atoms with Crippen LogP contribution in [0.1, 0.15) is 38.3 Å². The number of fused-ring (bicyclic) bond motifs is 1. The first kappa shape index (κ1) is 19.7. The van der Waals surface area contributed by atoms with Gasteiger partial charge in [0.2, 0.25) is 0 Å². The molecule has 0 atom stereocenters. The Labute approximate surface area is 153 Å². The van der Waals surface area contributed by atoms with Crippen LogP contribution >= 0.6 is 0 Å². The monoisotopic (exact) mass is 360 g/mol. The normalized spacial score (nSPS) is 14.7. The number of carbonyl (C=O) groups excluding carboxylic acids is 3. The Morgan fingerprint density at radius 3 is 2.08 bits per heavy atom. The molecule has 2 rings (SSSR count). The quantitative estimate of drug-likeness (QED) is 0.423. The number of carbonyl (C=O) groups is 3. The number of esters is 3. The van der Waals surface area contributed by atoms with Crippen LogP contribution in [0.25, 0.3) is 6.08 Å². The zero-order chi connectivity index (χ0) is 19.2. The molecular weight excluding hydrogens is 336 g/mol. The Balaban J connectivity index is 2.58. The maximum atomic E-state index is 12.9. The van der Waals surface area contributed by atoms with Crippen LogP contribution in [-0.4, -0.2) is 37.7 Å². The van der Waals surface area contributed by atoms with E-state index in [0.29, 0.717) is 5.57 Å². The van der Waals surface area contributed by atoms with Crippen molar-refractivity contribution in [2.75, 3.05) is 19.8 Å². The SMILES string of the molecule is CCOC(=O)CC1=Cc2ccccc2CC1(C(=O)OCC)C(=O)OCC. The van der Waals surface area contributed by atoms with Crippen LogP contribution < -0.4 is 0 Å². The van der Waals surface area contributed by atoms with E-state index in [0.717, 1.165) is 11.1 Å². The highest BCUT2D eigenvalue weighted by molar-refractivity contribution is 6.06. The molecule has 140 valence electrons. The lowest BCUT2D eigenvalue weighted by Crippen LogP contribution is -2.47. The molecule has 0 N–H and O–H groups in total. The molecular formula is C20H24O6. The maximum Gasteiger partial charge on any atom is 0.328 e. The topological polar surface area (TPSA) is 78.9 Å². The molecule has 0 radical (unpaired) electrons. The third kappa shape index (κ3) is 3.79. The van der Waals surface area contributed by atoms with Crippen molar-refractivity contribution in [2.45, 2.75) is 33.6 Å². The van der Waals surface area contributed by atoms with Crippen LogP contribution in [-0.2, 0) is 35.0 Å². The Hall–Kier alpha value is -2.63. The third-order valence-corrected chi connectivity index (χ3v) is 4.28. The minimum Gasteiger partial charge on any atom is -0.466 e. The number of hydrogen-bond acceptors (Lipinski definition) is 6. The van der Waals surface area contributed by atoms with Crippen molar-refractivity contribution in [3.05, 3.63) is 41.0 Å². The second-order valence-electron chi connectivity index (χ2n) is 5.87. The average Bonchev–Trinajstić information content (AvgIpc) is 2.61. The molecule has 26 heavy (non-hydrogen) atoms. The van der Waals surface area contributed by atoms with Gasteiger partial charge in [-0.25, -0.2) is 0 Å². The molecule has 0 unspecified atom stereocenters. The number of hydrogen-bond donors (Lipinski definition) is 0. The van der Waals surface area contributed by atoms with Crippen LogP contribution in [0.15, 0.2) is 29.8 Å². The summed E-state index contributed by atoms with van der Waals surface area (Å²) in [7, 11) is 0. The van der Waals surface area contributed by atoms with Crippen molar-refractivity contribution in [1.82, 2.24) is 0 Å². The van der Waals surface area contributed by atoms with Crippen molar-refractivity contribution < 1.29 is 28.6 Å². The third-order valence-electron chi connectivity index (χ3n) is 4.28. The molecule has 0 aromatic heterocycles. The van der Waals surface area contributed by atoms with Gasteiger partial charge in [-0.3, -0.25) is 14.4 Å². The smallest absolute Gasteiger partial charge is 0.328 e. The van der Waals surface area contributed by atoms with Gasteiger partial charge in [-0.05, 0) is 37.5 Å². The van der Waals surface area contributed by atoms with Gasteiger partial charge in [-0.15, -0.1) is 0 Å². The van der Waals surface area contributed by atoms with Crippen LogP contribution in [0, 0.1) is 5.41 Å². The van der Waals surface area contributed by atoms with Gasteiger partial charge in [0.25, 0.3) is 0 Å². The zero-order valence-electron chi connectivity index (χ0n) is 15.4. The van der Waals surface area contributed by atoms with E-state index in [2.05, 4.69) is 0 Å². The Morgan fingerprint density at radius 1 is 0.923 bits per heavy atom. The van der Waals surface area contributed by atoms with Crippen molar-refractivity contribution >= 4 is 24.0 Å². The summed E-state index contributed by atoms with van der Waals surface area (Å²) in [5, 5.41) is 0. The minimum atomic E-state index is -1.67. The molecule has 0 spiro atoms. The first-order valence-corrected chi connectivity index (χ1v) is 8.78. The second-order valence-corrected chi connectivity index (χ2v) is 5.87. The van der Waals surface area contributed by atoms with Crippen LogP contribution in [0.3, 0.4) is 0 Å². The van der Waals surface area contributed by atoms with Crippen molar-refractivity contribution in [1.29, 1.82) is 0 Å². The van der Waals surface area contributed by atoms with Gasteiger partial charge >= 0.3 is 17.9 Å². The zero-order valence-corrected chi connectivity index (χ0v) is 15.4. The number of ether oxygens (including phenoxy) is 3. The van der Waals surface area contributed by atoms with Gasteiger partial charge < -0.3 is 14.2 Å². The molecule has 0 amide bonds. The predicted octanol–water partition coefficient (Wildman–Crippen LogP) is 2.69. The molecule has 0 aliphatic heterocycles. The largest absolute Gasteiger partial charge is 0.466 e. The fourth-order valence-corrected chi connectivity index (χ4v) is 3.11. The molecule has 6 nitrogen and oxygen atoms in total. The van der Waals surface area contributed by atoms with Crippen molar-refractivity contribution in [3.8, 4) is 0 Å². The molecule has 0 fully saturated rings. The molecule has 1 aliphatic carbocycles. The Morgan fingerprint density at radius 2 is 1.50 bits per heavy atom. The Bertz CT molecular complexity index is 701. The molecule has 0 bridgehead atoms. The average molecular weight is 360 g/mol. The van der Waals surface area contributed by atoms with Gasteiger partial charge in [0.05, 0.1) is 26.2 Å². The van der Waals surface area contributed by atoms with E-state index >= 15 is 0 Å². The summed E-state index contributed by atoms with van der Waals surface area (Å²) < 4.78 is 15.4. The van der Waals surface area contributed by atoms with Gasteiger partial charge in [0.15, 0.2) is 5.41 Å². The lowest BCUT2D eigenvalue weighted by molar-refractivity contribution is -0.169. The van der Waals surface area contributed by atoms with Crippen molar-refractivity contribution in [3.63, 3.8) is 0 Å². The van der Waals surface area contributed by atoms with Gasteiger partial charge in [-0.2, -0.15) is 0 Å². The number of benzene rings is 1. The molecule has 1 aromatic rings. The summed E-state index contributed by atoms with van der Waals surface area (Å²) >= 11 is 0. The van der Waals surface area contributed by atoms with Gasteiger partial charge in [-0.1, -0.05) is 30.3 Å². The van der Waals surface area contributed by atoms with Crippen LogP contribution in [0.5, 0.6) is 0 Å². The fourth-order valence-electron chi connectivity index (χ4n) is 3.11. The fraction of sp³-hybridized carbons (Fsp3) is 0.450. The molecule has 6 heteroatoms. The summed E-state index contributed by atoms with van der Waals surface area (Å²) in [6.45, 7) is 5.49. The lowest BCUT2D eigenvalue weighted by atomic mass is 9.69. The molecule has 0 heterocycles. The second kappa shape index (κ2) is 8.65. The summed E-state index contributed by atoms with van der Waals surface area (Å²) in [4.78, 5) is 37.9. The minimum absolute atomic E-state index is 0.0894. The van der Waals surface area contributed by atoms with Crippen molar-refractivity contribution in [2.24, 2.45) is 5.41 Å². The highest BCUT2D eigenvalue weighted by atomic mass is 16.6. The van der Waals surface area contributed by atoms with E-state index in [4.69, 9.17) is 14.2 Å². The molecule has 1 aliphatic rings. The summed E-state index contributed by atoms with van der Waals surface area (Å²) in [6, 6.07) is 7.42. The molecule has 0 saturated carbocycles. The van der Waals surface area contributed by atoms with Crippen LogP contribution in [0.2, 0.25) is 0 Å². The van der Waals surface area contributed by atoms with E-state index in [1.54, 1.807) is 26.8 Å². The number of rotatable bonds is 7. The molecule has 1 aromatic carbocycles. The summed E-state index contributed by atoms with van der Waals surface area (Å²) in [5.74, 6) is -1.91. The lowest BCUT2D eigenvalue weighted by Gasteiger charge is -2.34. The van der Waals surface area contributed by atoms with Gasteiger partial charge in [0.1, 0.15) is 0 Å². The predicted molar refractivity (Wildman–Crippen MR) is 95.1 cm³/mol. The summed E-state index contributed by atoms with van der Waals surface area (Å²) in [6.07, 6.45) is 1.61. The standard InChI is InChI=1S/C20H24O6/c1-4-24-17(21)12-16-11-14-9-7-8-10-15(14)13-20(16,18(22)25-5-2)19(23)26-6-3/h7-11H,4-6,12-13H2,1-3H3. The van der Waals surface area contributed by atoms with E-state index < -0.39 is 23.3 Å². The van der Waals surface area contributed by atoms with E-state index in [1.165, 1.54) is 0 Å². The van der Waals surface area contributed by atoms with E-state index in [-0.39, 0.29) is 32.7 Å². The Kier molecular flexibility index (Phi) is 6.55. The van der Waals surface area contributed by atoms with E-state index in [9.17, 15) is 14.4 Å². The first-order chi connectivity index (χ1) is 12.5. The van der Waals surface area contributed by atoms with Crippen LogP contribution in [0.4, 0.5) is 0 Å². The van der Waals surface area contributed by atoms with Gasteiger partial charge in [0, 0.05) is 6.42 Å². The van der Waals surface area contributed by atoms with E-state index in [1.807, 2.05) is 24.3 Å². The first-order valence-electron chi connectivity index (χ1n) is 8.78. The summed E-state index contributed by atoms with van der Waals surface area (Å²) in [5.41, 5.74) is 0.344. The maximum absolute atomic E-state index is 12.9.